The van der Waals surface area contributed by atoms with Crippen molar-refractivity contribution in [1.82, 2.24) is 5.32 Å². The van der Waals surface area contributed by atoms with Crippen molar-refractivity contribution in [3.8, 4) is 0 Å². The molecule has 0 aliphatic carbocycles. The Labute approximate surface area is 109 Å². The van der Waals surface area contributed by atoms with Crippen molar-refractivity contribution < 1.29 is 19.4 Å². The van der Waals surface area contributed by atoms with Crippen LogP contribution in [-0.4, -0.2) is 35.6 Å². The first-order valence-electron chi connectivity index (χ1n) is 5.47. The third-order valence-electron chi connectivity index (χ3n) is 2.62. The predicted octanol–water partition coefficient (Wildman–Crippen LogP) is 1.89. The van der Waals surface area contributed by atoms with Crippen molar-refractivity contribution >= 4 is 23.8 Å². The number of carboxylic acids is 1. The molecule has 2 N–H and O–H groups in total. The van der Waals surface area contributed by atoms with Crippen molar-refractivity contribution in [2.24, 2.45) is 0 Å². The number of aryl methyl sites for hydroxylation is 1. The number of cyclic esters (lactones) is 1. The van der Waals surface area contributed by atoms with Crippen LogP contribution in [0.4, 0.5) is 4.79 Å². The van der Waals surface area contributed by atoms with Gasteiger partial charge < -0.3 is 15.2 Å². The Bertz CT molecular complexity index is 489. The molecule has 5 nitrogen and oxygen atoms in total. The van der Waals surface area contributed by atoms with Crippen molar-refractivity contribution in [3.05, 3.63) is 29.3 Å². The Kier molecular flexibility index (Phi) is 3.76. The molecule has 1 aliphatic rings. The van der Waals surface area contributed by atoms with E-state index in [1.54, 1.807) is 19.1 Å². The van der Waals surface area contributed by atoms with Gasteiger partial charge in [-0.15, -0.1) is 11.8 Å². The molecule has 1 amide bonds. The smallest absolute Gasteiger partial charge is 0.407 e. The standard InChI is InChI=1S/C12H13NO4S/c1-7-2-3-9(4-10(7)11(14)15)18-6-8-5-13-12(16)17-8/h2-4,8H,5-6H2,1H3,(H,13,16)(H,14,15). The Morgan fingerprint density at radius 3 is 3.00 bits per heavy atom. The molecule has 0 spiro atoms. The monoisotopic (exact) mass is 267 g/mol. The lowest BCUT2D eigenvalue weighted by Gasteiger charge is -2.08. The first kappa shape index (κ1) is 12.8. The summed E-state index contributed by atoms with van der Waals surface area (Å²) in [6.07, 6.45) is -0.548. The van der Waals surface area contributed by atoms with Crippen LogP contribution in [0, 0.1) is 6.92 Å². The molecule has 6 heteroatoms. The molecule has 0 saturated carbocycles. The zero-order valence-corrected chi connectivity index (χ0v) is 10.6. The molecular weight excluding hydrogens is 254 g/mol. The number of carbonyl (C=O) groups is 2. The van der Waals surface area contributed by atoms with E-state index in [2.05, 4.69) is 5.32 Å². The normalized spacial score (nSPS) is 18.3. The molecule has 1 aliphatic heterocycles. The van der Waals surface area contributed by atoms with Gasteiger partial charge in [-0.3, -0.25) is 0 Å². The molecule has 96 valence electrons. The average molecular weight is 267 g/mol. The number of hydrogen-bond donors (Lipinski definition) is 2. The summed E-state index contributed by atoms with van der Waals surface area (Å²) in [7, 11) is 0. The molecule has 1 atom stereocenters. The number of thioether (sulfide) groups is 1. The van der Waals surface area contributed by atoms with E-state index in [4.69, 9.17) is 9.84 Å². The number of ether oxygens (including phenoxy) is 1. The molecule has 18 heavy (non-hydrogen) atoms. The highest BCUT2D eigenvalue weighted by molar-refractivity contribution is 7.99. The zero-order chi connectivity index (χ0) is 13.1. The number of hydrogen-bond acceptors (Lipinski definition) is 4. The summed E-state index contributed by atoms with van der Waals surface area (Å²) in [5.74, 6) is -0.315. The van der Waals surface area contributed by atoms with Gasteiger partial charge in [0.1, 0.15) is 6.10 Å². The lowest BCUT2D eigenvalue weighted by atomic mass is 10.1. The minimum Gasteiger partial charge on any atom is -0.478 e. The molecule has 1 heterocycles. The molecule has 1 aromatic carbocycles. The Morgan fingerprint density at radius 1 is 1.61 bits per heavy atom. The molecular formula is C12H13NO4S. The lowest BCUT2D eigenvalue weighted by Crippen LogP contribution is -2.16. The quantitative estimate of drug-likeness (QED) is 0.815. The van der Waals surface area contributed by atoms with Crippen LogP contribution in [0.2, 0.25) is 0 Å². The van der Waals surface area contributed by atoms with Crippen molar-refractivity contribution in [2.45, 2.75) is 17.9 Å². The van der Waals surface area contributed by atoms with Crippen LogP contribution in [0.1, 0.15) is 15.9 Å². The zero-order valence-electron chi connectivity index (χ0n) is 9.80. The minimum absolute atomic E-state index is 0.155. The van der Waals surface area contributed by atoms with Crippen LogP contribution in [0.5, 0.6) is 0 Å². The number of rotatable bonds is 4. The highest BCUT2D eigenvalue weighted by Gasteiger charge is 2.22. The fourth-order valence-electron chi connectivity index (χ4n) is 1.64. The van der Waals surface area contributed by atoms with Gasteiger partial charge in [0.15, 0.2) is 0 Å². The van der Waals surface area contributed by atoms with Gasteiger partial charge in [0, 0.05) is 10.6 Å². The topological polar surface area (TPSA) is 75.6 Å². The van der Waals surface area contributed by atoms with Gasteiger partial charge in [0.25, 0.3) is 0 Å². The van der Waals surface area contributed by atoms with Crippen LogP contribution in [0.25, 0.3) is 0 Å². The predicted molar refractivity (Wildman–Crippen MR) is 67.1 cm³/mol. The second-order valence-electron chi connectivity index (χ2n) is 4.00. The number of alkyl carbamates (subject to hydrolysis) is 1. The number of carbonyl (C=O) groups excluding carboxylic acids is 1. The fraction of sp³-hybridized carbons (Fsp3) is 0.333. The number of aromatic carboxylic acids is 1. The first-order chi connectivity index (χ1) is 8.56. The van der Waals surface area contributed by atoms with Gasteiger partial charge in [-0.1, -0.05) is 6.07 Å². The van der Waals surface area contributed by atoms with E-state index in [1.807, 2.05) is 6.07 Å². The molecule has 0 bridgehead atoms. The van der Waals surface area contributed by atoms with Crippen LogP contribution in [-0.2, 0) is 4.74 Å². The maximum absolute atomic E-state index is 11.0. The van der Waals surface area contributed by atoms with Crippen LogP contribution in [0.3, 0.4) is 0 Å². The summed E-state index contributed by atoms with van der Waals surface area (Å²) in [5.41, 5.74) is 1.04. The summed E-state index contributed by atoms with van der Waals surface area (Å²) in [4.78, 5) is 22.7. The molecule has 1 aromatic rings. The van der Waals surface area contributed by atoms with Gasteiger partial charge in [0.2, 0.25) is 0 Å². The SMILES string of the molecule is Cc1ccc(SCC2CNC(=O)O2)cc1C(=O)O. The molecule has 1 unspecified atom stereocenters. The molecule has 2 rings (SSSR count). The Hall–Kier alpha value is -1.69. The van der Waals surface area contributed by atoms with E-state index < -0.39 is 12.1 Å². The summed E-state index contributed by atoms with van der Waals surface area (Å²) < 4.78 is 5.00. The third kappa shape index (κ3) is 2.95. The van der Waals surface area contributed by atoms with Gasteiger partial charge >= 0.3 is 12.1 Å². The summed E-state index contributed by atoms with van der Waals surface area (Å²) in [6.45, 7) is 2.27. The number of benzene rings is 1. The first-order valence-corrected chi connectivity index (χ1v) is 6.46. The van der Waals surface area contributed by atoms with E-state index in [1.165, 1.54) is 11.8 Å². The van der Waals surface area contributed by atoms with Crippen molar-refractivity contribution in [3.63, 3.8) is 0 Å². The summed E-state index contributed by atoms with van der Waals surface area (Å²) in [6, 6.07) is 5.30. The Balaban J connectivity index is 1.99. The highest BCUT2D eigenvalue weighted by Crippen LogP contribution is 2.23. The molecule has 0 aromatic heterocycles. The Morgan fingerprint density at radius 2 is 2.39 bits per heavy atom. The van der Waals surface area contributed by atoms with Gasteiger partial charge in [-0.05, 0) is 24.6 Å². The van der Waals surface area contributed by atoms with E-state index in [9.17, 15) is 9.59 Å². The highest BCUT2D eigenvalue weighted by atomic mass is 32.2. The van der Waals surface area contributed by atoms with E-state index in [0.717, 1.165) is 10.5 Å². The number of amides is 1. The molecule has 0 radical (unpaired) electrons. The minimum atomic E-state index is -0.927. The van der Waals surface area contributed by atoms with Gasteiger partial charge in [-0.2, -0.15) is 0 Å². The second-order valence-corrected chi connectivity index (χ2v) is 5.09. The van der Waals surface area contributed by atoms with Crippen molar-refractivity contribution in [2.75, 3.05) is 12.3 Å². The largest absolute Gasteiger partial charge is 0.478 e. The van der Waals surface area contributed by atoms with E-state index in [-0.39, 0.29) is 6.10 Å². The average Bonchev–Trinajstić information content (AvgIpc) is 2.74. The second kappa shape index (κ2) is 5.30. The lowest BCUT2D eigenvalue weighted by molar-refractivity contribution is 0.0695. The van der Waals surface area contributed by atoms with Gasteiger partial charge in [0.05, 0.1) is 12.1 Å². The van der Waals surface area contributed by atoms with Crippen LogP contribution in [0.15, 0.2) is 23.1 Å². The molecule has 1 saturated heterocycles. The maximum atomic E-state index is 11.0. The fourth-order valence-corrected chi connectivity index (χ4v) is 2.56. The van der Waals surface area contributed by atoms with Crippen molar-refractivity contribution in [1.29, 1.82) is 0 Å². The maximum Gasteiger partial charge on any atom is 0.407 e. The van der Waals surface area contributed by atoms with E-state index in [0.29, 0.717) is 17.9 Å². The summed E-state index contributed by atoms with van der Waals surface area (Å²) in [5, 5.41) is 11.6. The molecule has 1 fully saturated rings. The third-order valence-corrected chi connectivity index (χ3v) is 3.75. The number of carboxylic acid groups (broad SMARTS) is 1. The summed E-state index contributed by atoms with van der Waals surface area (Å²) >= 11 is 1.48. The van der Waals surface area contributed by atoms with Crippen LogP contribution < -0.4 is 5.32 Å². The van der Waals surface area contributed by atoms with Crippen LogP contribution >= 0.6 is 11.8 Å². The number of nitrogens with one attached hydrogen (secondary N) is 1. The van der Waals surface area contributed by atoms with E-state index >= 15 is 0 Å². The van der Waals surface area contributed by atoms with Gasteiger partial charge in [-0.25, -0.2) is 9.59 Å².